The van der Waals surface area contributed by atoms with Crippen LogP contribution in [-0.4, -0.2) is 38.8 Å². The SMILES string of the molecule is COc1cc(C)c([C@@H](C)NC(=O)c2ccc(Cl)c(S(=O)(=O)N3CCCC3)c2)cc1C(C)C. The zero-order valence-corrected chi connectivity index (χ0v) is 20.8. The van der Waals surface area contributed by atoms with Gasteiger partial charge in [-0.1, -0.05) is 25.4 Å². The number of ether oxygens (including phenoxy) is 1. The molecular weight excluding hydrogens is 448 g/mol. The zero-order chi connectivity index (χ0) is 23.6. The summed E-state index contributed by atoms with van der Waals surface area (Å²) < 4.78 is 32.9. The fraction of sp³-hybridized carbons (Fsp3) is 0.458. The number of amides is 1. The minimum atomic E-state index is -3.73. The summed E-state index contributed by atoms with van der Waals surface area (Å²) in [6, 6.07) is 8.16. The van der Waals surface area contributed by atoms with Gasteiger partial charge in [0.1, 0.15) is 10.6 Å². The van der Waals surface area contributed by atoms with E-state index in [1.807, 2.05) is 19.9 Å². The highest BCUT2D eigenvalue weighted by Gasteiger charge is 2.30. The molecular formula is C24H31ClN2O4S. The number of rotatable bonds is 7. The van der Waals surface area contributed by atoms with Crippen LogP contribution in [0.25, 0.3) is 0 Å². The molecule has 0 bridgehead atoms. The molecule has 1 fully saturated rings. The van der Waals surface area contributed by atoms with Crippen LogP contribution in [0.4, 0.5) is 0 Å². The summed E-state index contributed by atoms with van der Waals surface area (Å²) >= 11 is 6.21. The third-order valence-corrected chi connectivity index (χ3v) is 8.31. The Hall–Kier alpha value is -2.09. The minimum Gasteiger partial charge on any atom is -0.496 e. The first-order valence-corrected chi connectivity index (χ1v) is 12.7. The highest BCUT2D eigenvalue weighted by molar-refractivity contribution is 7.89. The van der Waals surface area contributed by atoms with Gasteiger partial charge >= 0.3 is 0 Å². The molecule has 0 aromatic heterocycles. The van der Waals surface area contributed by atoms with Crippen molar-refractivity contribution in [3.8, 4) is 5.75 Å². The highest BCUT2D eigenvalue weighted by atomic mass is 35.5. The molecule has 174 valence electrons. The van der Waals surface area contributed by atoms with Crippen LogP contribution >= 0.6 is 11.6 Å². The molecule has 1 heterocycles. The van der Waals surface area contributed by atoms with Gasteiger partial charge in [0.2, 0.25) is 10.0 Å². The van der Waals surface area contributed by atoms with Crippen LogP contribution in [0.1, 0.15) is 72.6 Å². The first-order valence-electron chi connectivity index (χ1n) is 10.8. The third kappa shape index (κ3) is 4.95. The van der Waals surface area contributed by atoms with Gasteiger partial charge in [0.05, 0.1) is 18.2 Å². The van der Waals surface area contributed by atoms with E-state index in [9.17, 15) is 13.2 Å². The van der Waals surface area contributed by atoms with E-state index in [1.54, 1.807) is 13.2 Å². The van der Waals surface area contributed by atoms with Crippen LogP contribution in [0.5, 0.6) is 5.75 Å². The Bertz CT molecular complexity index is 1110. The van der Waals surface area contributed by atoms with Gasteiger partial charge in [0, 0.05) is 18.7 Å². The van der Waals surface area contributed by atoms with Crippen molar-refractivity contribution in [2.75, 3.05) is 20.2 Å². The van der Waals surface area contributed by atoms with Crippen LogP contribution in [-0.2, 0) is 10.0 Å². The summed E-state index contributed by atoms with van der Waals surface area (Å²) in [4.78, 5) is 13.0. The molecule has 0 spiro atoms. The maximum absolute atomic E-state index is 13.0. The second-order valence-corrected chi connectivity index (χ2v) is 10.9. The Morgan fingerprint density at radius 2 is 1.75 bits per heavy atom. The van der Waals surface area contributed by atoms with Crippen molar-refractivity contribution in [1.82, 2.24) is 9.62 Å². The second kappa shape index (κ2) is 9.81. The molecule has 6 nitrogen and oxygen atoms in total. The summed E-state index contributed by atoms with van der Waals surface area (Å²) in [5.41, 5.74) is 3.32. The average Bonchev–Trinajstić information content (AvgIpc) is 3.29. The Balaban J connectivity index is 1.87. The number of aryl methyl sites for hydroxylation is 1. The molecule has 1 atom stereocenters. The van der Waals surface area contributed by atoms with E-state index in [4.69, 9.17) is 16.3 Å². The van der Waals surface area contributed by atoms with E-state index in [2.05, 4.69) is 25.2 Å². The number of carbonyl (C=O) groups excluding carboxylic acids is 1. The molecule has 1 amide bonds. The van der Waals surface area contributed by atoms with Crippen molar-refractivity contribution in [3.63, 3.8) is 0 Å². The first kappa shape index (κ1) is 24.6. The lowest BCUT2D eigenvalue weighted by molar-refractivity contribution is 0.0939. The van der Waals surface area contributed by atoms with Crippen molar-refractivity contribution in [3.05, 3.63) is 57.6 Å². The molecule has 0 aliphatic carbocycles. The molecule has 0 saturated carbocycles. The van der Waals surface area contributed by atoms with Crippen LogP contribution in [0.15, 0.2) is 35.2 Å². The van der Waals surface area contributed by atoms with Crippen molar-refractivity contribution >= 4 is 27.5 Å². The Morgan fingerprint density at radius 1 is 1.09 bits per heavy atom. The number of sulfonamides is 1. The average molecular weight is 479 g/mol. The van der Waals surface area contributed by atoms with Crippen LogP contribution in [0.3, 0.4) is 0 Å². The minimum absolute atomic E-state index is 0.0240. The summed E-state index contributed by atoms with van der Waals surface area (Å²) in [5, 5.41) is 3.11. The Kier molecular flexibility index (Phi) is 7.53. The highest BCUT2D eigenvalue weighted by Crippen LogP contribution is 2.32. The van der Waals surface area contributed by atoms with Gasteiger partial charge in [-0.2, -0.15) is 4.31 Å². The topological polar surface area (TPSA) is 75.7 Å². The summed E-state index contributed by atoms with van der Waals surface area (Å²) in [6.07, 6.45) is 1.65. The van der Waals surface area contributed by atoms with Crippen LogP contribution in [0, 0.1) is 6.92 Å². The number of benzene rings is 2. The van der Waals surface area contributed by atoms with E-state index >= 15 is 0 Å². The fourth-order valence-corrected chi connectivity index (χ4v) is 6.10. The van der Waals surface area contributed by atoms with E-state index in [0.717, 1.165) is 35.3 Å². The van der Waals surface area contributed by atoms with E-state index in [0.29, 0.717) is 13.1 Å². The van der Waals surface area contributed by atoms with Gasteiger partial charge in [-0.3, -0.25) is 4.79 Å². The largest absolute Gasteiger partial charge is 0.496 e. The maximum atomic E-state index is 13.0. The van der Waals surface area contributed by atoms with Crippen LogP contribution < -0.4 is 10.1 Å². The first-order chi connectivity index (χ1) is 15.1. The number of hydrogen-bond acceptors (Lipinski definition) is 4. The van der Waals surface area contributed by atoms with Crippen molar-refractivity contribution in [1.29, 1.82) is 0 Å². The second-order valence-electron chi connectivity index (χ2n) is 8.56. The lowest BCUT2D eigenvalue weighted by Crippen LogP contribution is -2.29. The van der Waals surface area contributed by atoms with Crippen molar-refractivity contribution < 1.29 is 17.9 Å². The number of methoxy groups -OCH3 is 1. The Labute approximate surface area is 196 Å². The molecule has 2 aromatic rings. The molecule has 8 heteroatoms. The van der Waals surface area contributed by atoms with Crippen molar-refractivity contribution in [2.24, 2.45) is 0 Å². The molecule has 1 N–H and O–H groups in total. The number of nitrogens with zero attached hydrogens (tertiary/aromatic N) is 1. The van der Waals surface area contributed by atoms with E-state index < -0.39 is 10.0 Å². The van der Waals surface area contributed by atoms with Gasteiger partial charge in [0.25, 0.3) is 5.91 Å². The molecule has 0 radical (unpaired) electrons. The predicted molar refractivity (Wildman–Crippen MR) is 127 cm³/mol. The Morgan fingerprint density at radius 3 is 2.34 bits per heavy atom. The molecule has 0 unspecified atom stereocenters. The number of nitrogens with one attached hydrogen (secondary N) is 1. The number of carbonyl (C=O) groups is 1. The standard InChI is InChI=1S/C24H31ClN2O4S/c1-15(2)19-14-20(16(3)12-22(19)31-5)17(4)26-24(28)18-8-9-21(25)23(13-18)32(29,30)27-10-6-7-11-27/h8-9,12-15,17H,6-7,10-11H2,1-5H3,(H,26,28)/t17-/m1/s1. The molecule has 1 saturated heterocycles. The molecule has 32 heavy (non-hydrogen) atoms. The third-order valence-electron chi connectivity index (χ3n) is 5.93. The lowest BCUT2D eigenvalue weighted by Gasteiger charge is -2.21. The smallest absolute Gasteiger partial charge is 0.251 e. The van der Waals surface area contributed by atoms with Gasteiger partial charge in [-0.25, -0.2) is 8.42 Å². The zero-order valence-electron chi connectivity index (χ0n) is 19.2. The van der Waals surface area contributed by atoms with Gasteiger partial charge in [-0.15, -0.1) is 0 Å². The maximum Gasteiger partial charge on any atom is 0.251 e. The lowest BCUT2D eigenvalue weighted by atomic mass is 9.93. The molecule has 1 aliphatic heterocycles. The molecule has 2 aromatic carbocycles. The van der Waals surface area contributed by atoms with Gasteiger partial charge < -0.3 is 10.1 Å². The number of hydrogen-bond donors (Lipinski definition) is 1. The van der Waals surface area contributed by atoms with Gasteiger partial charge in [-0.05, 0) is 79.6 Å². The van der Waals surface area contributed by atoms with Crippen molar-refractivity contribution in [2.45, 2.75) is 57.4 Å². The quantitative estimate of drug-likeness (QED) is 0.603. The van der Waals surface area contributed by atoms with E-state index in [1.165, 1.54) is 16.4 Å². The number of halogens is 1. The summed E-state index contributed by atoms with van der Waals surface area (Å²) in [7, 11) is -2.08. The molecule has 3 rings (SSSR count). The monoisotopic (exact) mass is 478 g/mol. The van der Waals surface area contributed by atoms with Crippen LogP contribution in [0.2, 0.25) is 5.02 Å². The van der Waals surface area contributed by atoms with E-state index in [-0.39, 0.29) is 33.3 Å². The fourth-order valence-electron chi connectivity index (χ4n) is 4.08. The summed E-state index contributed by atoms with van der Waals surface area (Å²) in [6.45, 7) is 9.02. The predicted octanol–water partition coefficient (Wildman–Crippen LogP) is 5.06. The normalized spacial score (nSPS) is 15.7. The van der Waals surface area contributed by atoms with Gasteiger partial charge in [0.15, 0.2) is 0 Å². The summed E-state index contributed by atoms with van der Waals surface area (Å²) in [5.74, 6) is 0.740. The molecule has 1 aliphatic rings.